The van der Waals surface area contributed by atoms with E-state index in [0.717, 1.165) is 51.3 Å². The number of nitrogens with one attached hydrogen (secondary N) is 1. The Morgan fingerprint density at radius 2 is 1.95 bits per heavy atom. The number of para-hydroxylation sites is 1. The lowest BCUT2D eigenvalue weighted by Gasteiger charge is -2.37. The number of carbonyl (C=O) groups is 1. The highest BCUT2D eigenvalue weighted by molar-refractivity contribution is 7.98. The molecule has 2 rings (SSSR count). The summed E-state index contributed by atoms with van der Waals surface area (Å²) >= 11 is 1.82. The van der Waals surface area contributed by atoms with Crippen LogP contribution in [-0.2, 0) is 6.42 Å². The van der Waals surface area contributed by atoms with Gasteiger partial charge in [-0.2, -0.15) is 11.8 Å². The fourth-order valence-corrected chi connectivity index (χ4v) is 3.23. The number of rotatable bonds is 6. The van der Waals surface area contributed by atoms with Crippen molar-refractivity contribution in [3.8, 4) is 0 Å². The number of amides is 2. The first kappa shape index (κ1) is 17.0. The van der Waals surface area contributed by atoms with Crippen molar-refractivity contribution in [2.75, 3.05) is 49.6 Å². The van der Waals surface area contributed by atoms with Gasteiger partial charge in [-0.25, -0.2) is 4.79 Å². The molecule has 2 amide bonds. The molecule has 122 valence electrons. The zero-order valence-corrected chi connectivity index (χ0v) is 14.5. The lowest BCUT2D eigenvalue weighted by Crippen LogP contribution is -2.52. The molecule has 0 radical (unpaired) electrons. The Labute approximate surface area is 138 Å². The van der Waals surface area contributed by atoms with Gasteiger partial charge in [0.25, 0.3) is 0 Å². The van der Waals surface area contributed by atoms with E-state index in [9.17, 15) is 4.79 Å². The van der Waals surface area contributed by atoms with Crippen LogP contribution in [0.25, 0.3) is 0 Å². The topological polar surface area (TPSA) is 35.6 Å². The minimum atomic E-state index is 0.0875. The lowest BCUT2D eigenvalue weighted by atomic mass is 10.1. The molecule has 1 saturated heterocycles. The lowest BCUT2D eigenvalue weighted by molar-refractivity contribution is 0.194. The third-order valence-electron chi connectivity index (χ3n) is 4.08. The number of piperazine rings is 1. The molecule has 0 aliphatic carbocycles. The van der Waals surface area contributed by atoms with Crippen LogP contribution in [-0.4, -0.2) is 55.7 Å². The van der Waals surface area contributed by atoms with Crippen LogP contribution in [0.5, 0.6) is 0 Å². The average Bonchev–Trinajstić information content (AvgIpc) is 2.58. The Kier molecular flexibility index (Phi) is 6.90. The van der Waals surface area contributed by atoms with E-state index in [1.807, 2.05) is 16.7 Å². The summed E-state index contributed by atoms with van der Waals surface area (Å²) in [7, 11) is 0. The van der Waals surface area contributed by atoms with Gasteiger partial charge >= 0.3 is 6.03 Å². The fourth-order valence-electron chi connectivity index (χ4n) is 2.79. The van der Waals surface area contributed by atoms with E-state index < -0.39 is 0 Å². The zero-order valence-electron chi connectivity index (χ0n) is 13.7. The monoisotopic (exact) mass is 321 g/mol. The Morgan fingerprint density at radius 1 is 1.23 bits per heavy atom. The van der Waals surface area contributed by atoms with Gasteiger partial charge in [-0.05, 0) is 36.5 Å². The molecule has 0 atom stereocenters. The molecule has 0 saturated carbocycles. The average molecular weight is 321 g/mol. The van der Waals surface area contributed by atoms with Gasteiger partial charge in [-0.3, -0.25) is 0 Å². The molecule has 22 heavy (non-hydrogen) atoms. The summed E-state index contributed by atoms with van der Waals surface area (Å²) < 4.78 is 0. The van der Waals surface area contributed by atoms with Crippen molar-refractivity contribution in [1.29, 1.82) is 0 Å². The third-order valence-corrected chi connectivity index (χ3v) is 4.78. The van der Waals surface area contributed by atoms with Gasteiger partial charge in [0.1, 0.15) is 0 Å². The van der Waals surface area contributed by atoms with Gasteiger partial charge in [0.05, 0.1) is 0 Å². The molecule has 4 nitrogen and oxygen atoms in total. The number of nitrogens with zero attached hydrogens (tertiary/aromatic N) is 2. The second kappa shape index (κ2) is 8.93. The predicted molar refractivity (Wildman–Crippen MR) is 96.0 cm³/mol. The molecule has 5 heteroatoms. The van der Waals surface area contributed by atoms with Gasteiger partial charge in [-0.1, -0.05) is 25.1 Å². The molecule has 1 fully saturated rings. The van der Waals surface area contributed by atoms with Crippen LogP contribution in [0.15, 0.2) is 24.3 Å². The molecule has 1 N–H and O–H groups in total. The van der Waals surface area contributed by atoms with Crippen LogP contribution >= 0.6 is 11.8 Å². The second-order valence-corrected chi connectivity index (χ2v) is 6.52. The summed E-state index contributed by atoms with van der Waals surface area (Å²) in [5.74, 6) is 1.10. The van der Waals surface area contributed by atoms with Crippen molar-refractivity contribution in [1.82, 2.24) is 10.2 Å². The molecule has 1 aliphatic rings. The Balaban J connectivity index is 1.81. The Morgan fingerprint density at radius 3 is 2.64 bits per heavy atom. The molecule has 0 aromatic heterocycles. The van der Waals surface area contributed by atoms with Crippen molar-refractivity contribution in [3.05, 3.63) is 29.8 Å². The molecule has 0 spiro atoms. The number of thioether (sulfide) groups is 1. The first-order valence-corrected chi connectivity index (χ1v) is 9.50. The summed E-state index contributed by atoms with van der Waals surface area (Å²) in [5.41, 5.74) is 2.71. The number of anilines is 1. The highest BCUT2D eigenvalue weighted by Crippen LogP contribution is 2.22. The van der Waals surface area contributed by atoms with E-state index in [0.29, 0.717) is 0 Å². The largest absolute Gasteiger partial charge is 0.368 e. The molecule has 0 unspecified atom stereocenters. The molecule has 1 aromatic rings. The number of benzene rings is 1. The predicted octanol–water partition coefficient (Wildman–Crippen LogP) is 2.83. The maximum Gasteiger partial charge on any atom is 0.317 e. The van der Waals surface area contributed by atoms with Gasteiger partial charge in [-0.15, -0.1) is 0 Å². The first-order valence-electron chi connectivity index (χ1n) is 8.10. The van der Waals surface area contributed by atoms with Crippen LogP contribution in [0.1, 0.15) is 18.9 Å². The summed E-state index contributed by atoms with van der Waals surface area (Å²) in [6.07, 6.45) is 4.18. The maximum atomic E-state index is 12.1. The van der Waals surface area contributed by atoms with Crippen LogP contribution in [0.3, 0.4) is 0 Å². The summed E-state index contributed by atoms with van der Waals surface area (Å²) in [5, 5.41) is 3.02. The minimum Gasteiger partial charge on any atom is -0.368 e. The van der Waals surface area contributed by atoms with E-state index >= 15 is 0 Å². The van der Waals surface area contributed by atoms with Crippen molar-refractivity contribution in [3.63, 3.8) is 0 Å². The molecule has 1 aromatic carbocycles. The van der Waals surface area contributed by atoms with E-state index in [1.54, 1.807) is 0 Å². The van der Waals surface area contributed by atoms with Gasteiger partial charge in [0.2, 0.25) is 0 Å². The number of hydrogen-bond donors (Lipinski definition) is 1. The van der Waals surface area contributed by atoms with Crippen LogP contribution < -0.4 is 10.2 Å². The van der Waals surface area contributed by atoms with Gasteiger partial charge in [0.15, 0.2) is 0 Å². The number of carbonyl (C=O) groups excluding carboxylic acids is 1. The molecule has 1 heterocycles. The van der Waals surface area contributed by atoms with Crippen molar-refractivity contribution < 1.29 is 4.79 Å². The van der Waals surface area contributed by atoms with Gasteiger partial charge < -0.3 is 15.1 Å². The van der Waals surface area contributed by atoms with E-state index in [2.05, 4.69) is 47.7 Å². The molecule has 1 aliphatic heterocycles. The quantitative estimate of drug-likeness (QED) is 0.819. The summed E-state index contributed by atoms with van der Waals surface area (Å²) in [6, 6.07) is 8.67. The SMILES string of the molecule is CCc1ccccc1N1CCN(C(=O)NCCCSC)CC1. The number of aryl methyl sites for hydroxylation is 1. The highest BCUT2D eigenvalue weighted by Gasteiger charge is 2.21. The minimum absolute atomic E-state index is 0.0875. The molecular weight excluding hydrogens is 294 g/mol. The van der Waals surface area contributed by atoms with E-state index in [4.69, 9.17) is 0 Å². The van der Waals surface area contributed by atoms with E-state index in [1.165, 1.54) is 11.3 Å². The molecular formula is C17H27N3OS. The third kappa shape index (κ3) is 4.57. The maximum absolute atomic E-state index is 12.1. The first-order chi connectivity index (χ1) is 10.8. The second-order valence-electron chi connectivity index (χ2n) is 5.53. The Bertz CT molecular complexity index is 473. The van der Waals surface area contributed by atoms with Crippen LogP contribution in [0, 0.1) is 0 Å². The number of hydrogen-bond acceptors (Lipinski definition) is 3. The highest BCUT2D eigenvalue weighted by atomic mass is 32.2. The summed E-state index contributed by atoms with van der Waals surface area (Å²) in [4.78, 5) is 16.5. The fraction of sp³-hybridized carbons (Fsp3) is 0.588. The van der Waals surface area contributed by atoms with E-state index in [-0.39, 0.29) is 6.03 Å². The normalized spacial score (nSPS) is 15.0. The van der Waals surface area contributed by atoms with Gasteiger partial charge in [0, 0.05) is 38.4 Å². The molecule has 0 bridgehead atoms. The Hall–Kier alpha value is -1.36. The van der Waals surface area contributed by atoms with Crippen LogP contribution in [0.4, 0.5) is 10.5 Å². The van der Waals surface area contributed by atoms with Crippen molar-refractivity contribution >= 4 is 23.5 Å². The standard InChI is InChI=1S/C17H27N3OS/c1-3-15-7-4-5-8-16(15)19-10-12-20(13-11-19)17(21)18-9-6-14-22-2/h4-5,7-8H,3,6,9-14H2,1-2H3,(H,18,21). The number of urea groups is 1. The van der Waals surface area contributed by atoms with Crippen LogP contribution in [0.2, 0.25) is 0 Å². The summed E-state index contributed by atoms with van der Waals surface area (Å²) in [6.45, 7) is 6.39. The van der Waals surface area contributed by atoms with Crippen molar-refractivity contribution in [2.24, 2.45) is 0 Å². The smallest absolute Gasteiger partial charge is 0.317 e. The zero-order chi connectivity index (χ0) is 15.8. The van der Waals surface area contributed by atoms with Crippen molar-refractivity contribution in [2.45, 2.75) is 19.8 Å².